The summed E-state index contributed by atoms with van der Waals surface area (Å²) >= 11 is 0. The van der Waals surface area contributed by atoms with Crippen molar-refractivity contribution in [3.8, 4) is 5.75 Å². The van der Waals surface area contributed by atoms with Gasteiger partial charge in [-0.05, 0) is 68.4 Å². The van der Waals surface area contributed by atoms with Gasteiger partial charge in [0.15, 0.2) is 0 Å². The normalized spacial score (nSPS) is 19.9. The molecule has 2 aliphatic rings. The van der Waals surface area contributed by atoms with Crippen molar-refractivity contribution in [2.24, 2.45) is 0 Å². The quantitative estimate of drug-likeness (QED) is 0.916. The second kappa shape index (κ2) is 6.80. The van der Waals surface area contributed by atoms with E-state index in [0.717, 1.165) is 44.7 Å². The van der Waals surface area contributed by atoms with E-state index in [9.17, 15) is 9.50 Å². The second-order valence-electron chi connectivity index (χ2n) is 7.61. The SMILES string of the molecule is CN(C)[C@@H]1CCN(c2ccc(N3CCc4cc(O)ccc4C3)cc2F)C1. The van der Waals surface area contributed by atoms with Crippen LogP contribution in [0.4, 0.5) is 15.8 Å². The number of anilines is 2. The third-order valence-electron chi connectivity index (χ3n) is 5.73. The largest absolute Gasteiger partial charge is 0.508 e. The summed E-state index contributed by atoms with van der Waals surface area (Å²) < 4.78 is 14.8. The third kappa shape index (κ3) is 3.23. The average molecular weight is 355 g/mol. The first-order chi connectivity index (χ1) is 12.5. The van der Waals surface area contributed by atoms with Gasteiger partial charge in [-0.1, -0.05) is 6.07 Å². The molecule has 1 saturated heterocycles. The van der Waals surface area contributed by atoms with E-state index >= 15 is 0 Å². The number of phenols is 1. The Morgan fingerprint density at radius 1 is 1.04 bits per heavy atom. The zero-order valence-electron chi connectivity index (χ0n) is 15.5. The number of nitrogens with zero attached hydrogens (tertiary/aromatic N) is 3. The molecule has 2 heterocycles. The fraction of sp³-hybridized carbons (Fsp3) is 0.429. The van der Waals surface area contributed by atoms with E-state index in [1.807, 2.05) is 24.3 Å². The highest BCUT2D eigenvalue weighted by atomic mass is 19.1. The van der Waals surface area contributed by atoms with Crippen LogP contribution in [0.15, 0.2) is 36.4 Å². The van der Waals surface area contributed by atoms with Crippen LogP contribution in [0.25, 0.3) is 0 Å². The fourth-order valence-corrected chi connectivity index (χ4v) is 4.09. The number of phenolic OH excluding ortho intramolecular Hbond substituents is 1. The van der Waals surface area contributed by atoms with E-state index < -0.39 is 0 Å². The number of hydrogen-bond donors (Lipinski definition) is 1. The lowest BCUT2D eigenvalue weighted by atomic mass is 9.99. The Morgan fingerprint density at radius 3 is 2.62 bits per heavy atom. The molecule has 0 aromatic heterocycles. The molecule has 138 valence electrons. The van der Waals surface area contributed by atoms with Gasteiger partial charge in [0.2, 0.25) is 0 Å². The first kappa shape index (κ1) is 17.2. The molecule has 0 aliphatic carbocycles. The van der Waals surface area contributed by atoms with Gasteiger partial charge < -0.3 is 19.8 Å². The van der Waals surface area contributed by atoms with Gasteiger partial charge in [-0.2, -0.15) is 0 Å². The molecular weight excluding hydrogens is 329 g/mol. The van der Waals surface area contributed by atoms with Crippen molar-refractivity contribution in [1.29, 1.82) is 0 Å². The van der Waals surface area contributed by atoms with Gasteiger partial charge >= 0.3 is 0 Å². The number of fused-ring (bicyclic) bond motifs is 1. The summed E-state index contributed by atoms with van der Waals surface area (Å²) in [7, 11) is 4.17. The van der Waals surface area contributed by atoms with Gasteiger partial charge in [0.25, 0.3) is 0 Å². The van der Waals surface area contributed by atoms with Crippen LogP contribution in [0.5, 0.6) is 5.75 Å². The lowest BCUT2D eigenvalue weighted by Gasteiger charge is -2.31. The fourth-order valence-electron chi connectivity index (χ4n) is 4.09. The Kier molecular flexibility index (Phi) is 4.49. The maximum absolute atomic E-state index is 14.8. The van der Waals surface area contributed by atoms with E-state index in [2.05, 4.69) is 28.8 Å². The Balaban J connectivity index is 1.51. The molecule has 0 spiro atoms. The molecule has 0 bridgehead atoms. The molecule has 2 aromatic carbocycles. The van der Waals surface area contributed by atoms with Gasteiger partial charge in [-0.15, -0.1) is 0 Å². The molecule has 0 amide bonds. The summed E-state index contributed by atoms with van der Waals surface area (Å²) in [5, 5.41) is 9.62. The van der Waals surface area contributed by atoms with E-state index in [1.54, 1.807) is 12.1 Å². The second-order valence-corrected chi connectivity index (χ2v) is 7.61. The van der Waals surface area contributed by atoms with Gasteiger partial charge in [0.05, 0.1) is 5.69 Å². The van der Waals surface area contributed by atoms with Gasteiger partial charge in [-0.3, -0.25) is 0 Å². The molecule has 1 N–H and O–H groups in total. The highest BCUT2D eigenvalue weighted by molar-refractivity contribution is 5.59. The van der Waals surface area contributed by atoms with Gasteiger partial charge in [0, 0.05) is 37.9 Å². The summed E-state index contributed by atoms with van der Waals surface area (Å²) in [4.78, 5) is 6.58. The molecule has 4 rings (SSSR count). The van der Waals surface area contributed by atoms with Crippen molar-refractivity contribution in [3.05, 3.63) is 53.3 Å². The topological polar surface area (TPSA) is 30.0 Å². The average Bonchev–Trinajstić information content (AvgIpc) is 3.11. The van der Waals surface area contributed by atoms with Crippen molar-refractivity contribution in [2.75, 3.05) is 43.5 Å². The first-order valence-electron chi connectivity index (χ1n) is 9.28. The predicted molar refractivity (Wildman–Crippen MR) is 104 cm³/mol. The van der Waals surface area contributed by atoms with Crippen LogP contribution in [0.1, 0.15) is 17.5 Å². The van der Waals surface area contributed by atoms with Crippen LogP contribution in [0.2, 0.25) is 0 Å². The summed E-state index contributed by atoms with van der Waals surface area (Å²) in [6, 6.07) is 11.6. The smallest absolute Gasteiger partial charge is 0.148 e. The Morgan fingerprint density at radius 2 is 1.88 bits per heavy atom. The minimum absolute atomic E-state index is 0.140. The zero-order chi connectivity index (χ0) is 18.3. The van der Waals surface area contributed by atoms with E-state index in [4.69, 9.17) is 0 Å². The van der Waals surface area contributed by atoms with Gasteiger partial charge in [0.1, 0.15) is 11.6 Å². The van der Waals surface area contributed by atoms with Crippen molar-refractivity contribution >= 4 is 11.4 Å². The molecule has 26 heavy (non-hydrogen) atoms. The van der Waals surface area contributed by atoms with E-state index in [-0.39, 0.29) is 5.82 Å². The number of benzene rings is 2. The lowest BCUT2D eigenvalue weighted by Crippen LogP contribution is -2.32. The van der Waals surface area contributed by atoms with Crippen molar-refractivity contribution < 1.29 is 9.50 Å². The van der Waals surface area contributed by atoms with Gasteiger partial charge in [-0.25, -0.2) is 4.39 Å². The molecule has 1 atom stereocenters. The minimum Gasteiger partial charge on any atom is -0.508 e. The van der Waals surface area contributed by atoms with Crippen molar-refractivity contribution in [1.82, 2.24) is 4.90 Å². The highest BCUT2D eigenvalue weighted by Gasteiger charge is 2.26. The minimum atomic E-state index is -0.140. The summed E-state index contributed by atoms with van der Waals surface area (Å²) in [5.74, 6) is 0.174. The Bertz CT molecular complexity index is 808. The van der Waals surface area contributed by atoms with Crippen LogP contribution in [-0.4, -0.2) is 49.8 Å². The number of likely N-dealkylation sites (N-methyl/N-ethyl adjacent to an activating group) is 1. The standard InChI is InChI=1S/C21H26FN3O/c1-23(2)18-8-10-25(14-18)21-6-4-17(12-20(21)22)24-9-7-15-11-19(26)5-3-16(15)13-24/h3-6,11-12,18,26H,7-10,13-14H2,1-2H3/t18-/m1/s1. The molecule has 2 aromatic rings. The number of rotatable bonds is 3. The number of aromatic hydroxyl groups is 1. The molecule has 2 aliphatic heterocycles. The van der Waals surface area contributed by atoms with Crippen LogP contribution in [0, 0.1) is 5.82 Å². The zero-order valence-corrected chi connectivity index (χ0v) is 15.5. The predicted octanol–water partition coefficient (Wildman–Crippen LogP) is 3.23. The molecule has 4 nitrogen and oxygen atoms in total. The third-order valence-corrected chi connectivity index (χ3v) is 5.73. The molecule has 1 fully saturated rings. The monoisotopic (exact) mass is 355 g/mol. The molecular formula is C21H26FN3O. The maximum atomic E-state index is 14.8. The van der Waals surface area contributed by atoms with E-state index in [0.29, 0.717) is 17.5 Å². The maximum Gasteiger partial charge on any atom is 0.148 e. The number of hydrogen-bond acceptors (Lipinski definition) is 4. The first-order valence-corrected chi connectivity index (χ1v) is 9.28. The summed E-state index contributed by atoms with van der Waals surface area (Å²) in [5.41, 5.74) is 4.02. The number of halogens is 1. The van der Waals surface area contributed by atoms with Crippen LogP contribution in [-0.2, 0) is 13.0 Å². The summed E-state index contributed by atoms with van der Waals surface area (Å²) in [6.45, 7) is 3.37. The lowest BCUT2D eigenvalue weighted by molar-refractivity contribution is 0.315. The molecule has 0 unspecified atom stereocenters. The Hall–Kier alpha value is -2.27. The van der Waals surface area contributed by atoms with Crippen LogP contribution < -0.4 is 9.80 Å². The highest BCUT2D eigenvalue weighted by Crippen LogP contribution is 2.31. The summed E-state index contributed by atoms with van der Waals surface area (Å²) in [6.07, 6.45) is 1.94. The van der Waals surface area contributed by atoms with Crippen molar-refractivity contribution in [3.63, 3.8) is 0 Å². The molecule has 5 heteroatoms. The van der Waals surface area contributed by atoms with Crippen LogP contribution in [0.3, 0.4) is 0 Å². The molecule has 0 radical (unpaired) electrons. The van der Waals surface area contributed by atoms with Crippen molar-refractivity contribution in [2.45, 2.75) is 25.4 Å². The molecule has 0 saturated carbocycles. The van der Waals surface area contributed by atoms with Crippen LogP contribution >= 0.6 is 0 Å². The van der Waals surface area contributed by atoms with E-state index in [1.165, 1.54) is 11.1 Å². The Labute approximate surface area is 154 Å².